The Hall–Kier alpha value is -1.68. The predicted molar refractivity (Wildman–Crippen MR) is 72.4 cm³/mol. The molecule has 1 saturated carbocycles. The van der Waals surface area contributed by atoms with Crippen LogP contribution in [0.5, 0.6) is 0 Å². The second kappa shape index (κ2) is 4.17. The monoisotopic (exact) mass is 257 g/mol. The summed E-state index contributed by atoms with van der Waals surface area (Å²) in [5.74, 6) is 0. The van der Waals surface area contributed by atoms with Crippen LogP contribution in [0.25, 0.3) is 0 Å². The van der Waals surface area contributed by atoms with Crippen LogP contribution in [0.1, 0.15) is 30.9 Å². The van der Waals surface area contributed by atoms with Crippen LogP contribution in [0, 0.1) is 12.3 Å². The van der Waals surface area contributed by atoms with E-state index in [1.165, 1.54) is 11.9 Å². The van der Waals surface area contributed by atoms with Gasteiger partial charge in [-0.1, -0.05) is 36.8 Å². The molecule has 0 bridgehead atoms. The van der Waals surface area contributed by atoms with Crippen LogP contribution in [-0.2, 0) is 12.1 Å². The Morgan fingerprint density at radius 2 is 2.00 bits per heavy atom. The molecule has 0 spiro atoms. The highest BCUT2D eigenvalue weighted by atomic mass is 16.3. The molecule has 4 heteroatoms. The van der Waals surface area contributed by atoms with E-state index in [4.69, 9.17) is 0 Å². The number of aromatic nitrogens is 3. The molecule has 2 aromatic rings. The maximum absolute atomic E-state index is 11.3. The first-order valence-electron chi connectivity index (χ1n) is 6.65. The molecule has 1 aliphatic carbocycles. The number of nitrogens with zero attached hydrogens (tertiary/aromatic N) is 3. The molecular formula is C15H19N3O. The zero-order chi connectivity index (χ0) is 13.5. The lowest BCUT2D eigenvalue weighted by atomic mass is 9.79. The van der Waals surface area contributed by atoms with Crippen LogP contribution in [0.15, 0.2) is 36.9 Å². The lowest BCUT2D eigenvalue weighted by Gasteiger charge is -2.35. The van der Waals surface area contributed by atoms with Crippen molar-refractivity contribution in [3.05, 3.63) is 48.0 Å². The second-order valence-electron chi connectivity index (χ2n) is 5.88. The van der Waals surface area contributed by atoms with Gasteiger partial charge in [0.1, 0.15) is 18.3 Å². The number of aliphatic hydroxyl groups is 1. The first kappa shape index (κ1) is 12.4. The SMILES string of the molecule is Cc1ccc(C(O)(Cn2cncn2)C2(C)CC2)cc1. The molecule has 3 rings (SSSR count). The van der Waals surface area contributed by atoms with Gasteiger partial charge in [0.15, 0.2) is 0 Å². The lowest BCUT2D eigenvalue weighted by Crippen LogP contribution is -2.39. The first-order chi connectivity index (χ1) is 9.03. The molecule has 1 aliphatic rings. The summed E-state index contributed by atoms with van der Waals surface area (Å²) in [6, 6.07) is 8.15. The molecule has 0 aliphatic heterocycles. The predicted octanol–water partition coefficient (Wildman–Crippen LogP) is 2.27. The van der Waals surface area contributed by atoms with Crippen molar-refractivity contribution in [3.63, 3.8) is 0 Å². The molecule has 1 aromatic carbocycles. The fourth-order valence-electron chi connectivity index (χ4n) is 2.61. The van der Waals surface area contributed by atoms with E-state index in [9.17, 15) is 5.11 Å². The third-order valence-corrected chi connectivity index (χ3v) is 4.38. The first-order valence-corrected chi connectivity index (χ1v) is 6.65. The molecule has 1 aromatic heterocycles. The third kappa shape index (κ3) is 2.06. The van der Waals surface area contributed by atoms with Gasteiger partial charge in [0.25, 0.3) is 0 Å². The molecule has 0 radical (unpaired) electrons. The normalized spacial score (nSPS) is 19.9. The zero-order valence-corrected chi connectivity index (χ0v) is 11.4. The summed E-state index contributed by atoms with van der Waals surface area (Å²) in [7, 11) is 0. The maximum Gasteiger partial charge on any atom is 0.137 e. The van der Waals surface area contributed by atoms with Gasteiger partial charge in [0.05, 0.1) is 6.54 Å². The second-order valence-corrected chi connectivity index (χ2v) is 5.88. The quantitative estimate of drug-likeness (QED) is 0.914. The summed E-state index contributed by atoms with van der Waals surface area (Å²) in [6.07, 6.45) is 5.26. The van der Waals surface area contributed by atoms with Gasteiger partial charge < -0.3 is 5.11 Å². The molecule has 1 heterocycles. The van der Waals surface area contributed by atoms with Gasteiger partial charge in [0.2, 0.25) is 0 Å². The average Bonchev–Trinajstić information content (AvgIpc) is 2.95. The van der Waals surface area contributed by atoms with E-state index in [-0.39, 0.29) is 5.41 Å². The molecule has 1 atom stereocenters. The summed E-state index contributed by atoms with van der Waals surface area (Å²) in [4.78, 5) is 3.96. The summed E-state index contributed by atoms with van der Waals surface area (Å²) < 4.78 is 1.71. The van der Waals surface area contributed by atoms with E-state index in [1.54, 1.807) is 11.0 Å². The standard InChI is InChI=1S/C15H19N3O/c1-12-3-5-13(6-4-12)15(19,14(2)7-8-14)9-18-11-16-10-17-18/h3-6,10-11,19H,7-9H2,1-2H3. The molecule has 1 unspecified atom stereocenters. The Bertz CT molecular complexity index is 558. The molecule has 1 N–H and O–H groups in total. The van der Waals surface area contributed by atoms with Crippen molar-refractivity contribution in [2.75, 3.05) is 0 Å². The van der Waals surface area contributed by atoms with E-state index in [1.807, 2.05) is 24.3 Å². The highest BCUT2D eigenvalue weighted by molar-refractivity contribution is 5.30. The molecule has 1 fully saturated rings. The highest BCUT2D eigenvalue weighted by Gasteiger charge is 2.56. The summed E-state index contributed by atoms with van der Waals surface area (Å²) in [6.45, 7) is 4.65. The minimum atomic E-state index is -0.881. The largest absolute Gasteiger partial charge is 0.383 e. The van der Waals surface area contributed by atoms with E-state index in [0.29, 0.717) is 6.54 Å². The minimum absolute atomic E-state index is 0.0613. The summed E-state index contributed by atoms with van der Waals surface area (Å²) in [5, 5.41) is 15.4. The van der Waals surface area contributed by atoms with Crippen molar-refractivity contribution in [1.29, 1.82) is 0 Å². The number of rotatable bonds is 4. The van der Waals surface area contributed by atoms with E-state index < -0.39 is 5.60 Å². The number of hydrogen-bond donors (Lipinski definition) is 1. The van der Waals surface area contributed by atoms with Gasteiger partial charge in [-0.25, -0.2) is 9.67 Å². The fraction of sp³-hybridized carbons (Fsp3) is 0.467. The van der Waals surface area contributed by atoms with Crippen LogP contribution in [0.4, 0.5) is 0 Å². The smallest absolute Gasteiger partial charge is 0.137 e. The minimum Gasteiger partial charge on any atom is -0.383 e. The van der Waals surface area contributed by atoms with Gasteiger partial charge in [-0.15, -0.1) is 0 Å². The van der Waals surface area contributed by atoms with Crippen LogP contribution in [0.2, 0.25) is 0 Å². The lowest BCUT2D eigenvalue weighted by molar-refractivity contribution is -0.0495. The van der Waals surface area contributed by atoms with Crippen molar-refractivity contribution in [2.24, 2.45) is 5.41 Å². The average molecular weight is 257 g/mol. The van der Waals surface area contributed by atoms with Crippen LogP contribution >= 0.6 is 0 Å². The van der Waals surface area contributed by atoms with Gasteiger partial charge in [-0.2, -0.15) is 5.10 Å². The molecule has 19 heavy (non-hydrogen) atoms. The summed E-state index contributed by atoms with van der Waals surface area (Å²) in [5.41, 5.74) is 1.23. The molecular weight excluding hydrogens is 238 g/mol. The van der Waals surface area contributed by atoms with E-state index >= 15 is 0 Å². The zero-order valence-electron chi connectivity index (χ0n) is 11.4. The van der Waals surface area contributed by atoms with E-state index in [2.05, 4.69) is 23.9 Å². The molecule has 100 valence electrons. The number of benzene rings is 1. The van der Waals surface area contributed by atoms with Crippen molar-refractivity contribution < 1.29 is 5.11 Å². The molecule has 4 nitrogen and oxygen atoms in total. The Labute approximate surface area is 113 Å². The third-order valence-electron chi connectivity index (χ3n) is 4.38. The Balaban J connectivity index is 1.99. The van der Waals surface area contributed by atoms with Crippen molar-refractivity contribution in [1.82, 2.24) is 14.8 Å². The van der Waals surface area contributed by atoms with Crippen LogP contribution in [-0.4, -0.2) is 19.9 Å². The maximum atomic E-state index is 11.3. The van der Waals surface area contributed by atoms with Crippen molar-refractivity contribution in [3.8, 4) is 0 Å². The number of hydrogen-bond acceptors (Lipinski definition) is 3. The Kier molecular flexibility index (Phi) is 2.71. The molecule has 0 saturated heterocycles. The van der Waals surface area contributed by atoms with Gasteiger partial charge in [-0.05, 0) is 25.3 Å². The Morgan fingerprint density at radius 3 is 2.53 bits per heavy atom. The van der Waals surface area contributed by atoms with Gasteiger partial charge in [0, 0.05) is 5.41 Å². The van der Waals surface area contributed by atoms with Crippen molar-refractivity contribution in [2.45, 2.75) is 38.8 Å². The topological polar surface area (TPSA) is 50.9 Å². The number of aryl methyl sites for hydroxylation is 1. The molecule has 0 amide bonds. The van der Waals surface area contributed by atoms with Crippen LogP contribution in [0.3, 0.4) is 0 Å². The van der Waals surface area contributed by atoms with E-state index in [0.717, 1.165) is 18.4 Å². The fourth-order valence-corrected chi connectivity index (χ4v) is 2.61. The van der Waals surface area contributed by atoms with Crippen LogP contribution < -0.4 is 0 Å². The Morgan fingerprint density at radius 1 is 1.32 bits per heavy atom. The van der Waals surface area contributed by atoms with Gasteiger partial charge >= 0.3 is 0 Å². The highest BCUT2D eigenvalue weighted by Crippen LogP contribution is 2.58. The summed E-state index contributed by atoms with van der Waals surface area (Å²) >= 11 is 0. The van der Waals surface area contributed by atoms with Crippen molar-refractivity contribution >= 4 is 0 Å². The van der Waals surface area contributed by atoms with Gasteiger partial charge in [-0.3, -0.25) is 0 Å².